The van der Waals surface area contributed by atoms with Crippen molar-refractivity contribution >= 4 is 6.09 Å². The van der Waals surface area contributed by atoms with Gasteiger partial charge < -0.3 is 4.74 Å². The highest BCUT2D eigenvalue weighted by Gasteiger charge is 2.40. The van der Waals surface area contributed by atoms with Gasteiger partial charge in [-0.15, -0.1) is 0 Å². The molecule has 1 aromatic carbocycles. The van der Waals surface area contributed by atoms with Crippen molar-refractivity contribution in [3.63, 3.8) is 0 Å². The lowest BCUT2D eigenvalue weighted by Crippen LogP contribution is -2.41. The molecule has 0 aliphatic carbocycles. The van der Waals surface area contributed by atoms with Crippen LogP contribution in [0.2, 0.25) is 0 Å². The third kappa shape index (κ3) is 1.16. The maximum Gasteiger partial charge on any atom is 0.410 e. The normalized spacial score (nSPS) is 28.3. The second-order valence-corrected chi connectivity index (χ2v) is 4.22. The summed E-state index contributed by atoms with van der Waals surface area (Å²) in [5.41, 5.74) is 2.61. The molecule has 1 aromatic rings. The van der Waals surface area contributed by atoms with Crippen molar-refractivity contribution in [2.45, 2.75) is 25.4 Å². The number of carbonyl (C=O) groups is 1. The molecule has 2 aliphatic heterocycles. The number of fused-ring (bicyclic) bond motifs is 2. The Bertz CT molecular complexity index is 416. The number of ether oxygens (including phenoxy) is 1. The van der Waals surface area contributed by atoms with Gasteiger partial charge in [0.2, 0.25) is 0 Å². The maximum absolute atomic E-state index is 11.5. The van der Waals surface area contributed by atoms with Gasteiger partial charge in [0.05, 0.1) is 12.1 Å². The smallest absolute Gasteiger partial charge is 0.410 e. The second-order valence-electron chi connectivity index (χ2n) is 4.22. The number of hydrogen-bond donors (Lipinski definition) is 0. The number of carbonyl (C=O) groups excluding carboxylic acids is 1. The van der Waals surface area contributed by atoms with Gasteiger partial charge in [-0.2, -0.15) is 0 Å². The van der Waals surface area contributed by atoms with Gasteiger partial charge in [0, 0.05) is 0 Å². The largest absolute Gasteiger partial charge is 0.447 e. The molecule has 3 heteroatoms. The Morgan fingerprint density at radius 2 is 2.20 bits per heavy atom. The Morgan fingerprint density at radius 3 is 3.07 bits per heavy atom. The lowest BCUT2D eigenvalue weighted by molar-refractivity contribution is 0.144. The zero-order valence-corrected chi connectivity index (χ0v) is 8.64. The molecule has 3 rings (SSSR count). The maximum atomic E-state index is 11.5. The van der Waals surface area contributed by atoms with E-state index in [2.05, 4.69) is 25.1 Å². The van der Waals surface area contributed by atoms with Gasteiger partial charge in [0.1, 0.15) is 6.61 Å². The van der Waals surface area contributed by atoms with E-state index in [1.54, 1.807) is 0 Å². The average Bonchev–Trinajstić information content (AvgIpc) is 2.61. The number of amides is 1. The van der Waals surface area contributed by atoms with Crippen molar-refractivity contribution in [1.29, 1.82) is 0 Å². The van der Waals surface area contributed by atoms with Crippen molar-refractivity contribution in [2.75, 3.05) is 6.61 Å². The topological polar surface area (TPSA) is 29.5 Å². The van der Waals surface area contributed by atoms with Gasteiger partial charge in [0.15, 0.2) is 0 Å². The van der Waals surface area contributed by atoms with E-state index < -0.39 is 0 Å². The molecule has 2 aliphatic rings. The third-order valence-corrected chi connectivity index (χ3v) is 3.38. The molecule has 1 amide bonds. The van der Waals surface area contributed by atoms with Crippen LogP contribution in [0.1, 0.15) is 24.1 Å². The lowest BCUT2D eigenvalue weighted by atomic mass is 9.90. The van der Waals surface area contributed by atoms with Crippen LogP contribution < -0.4 is 0 Å². The molecular formula is C12H13NO2. The minimum Gasteiger partial charge on any atom is -0.447 e. The van der Waals surface area contributed by atoms with Crippen LogP contribution in [-0.2, 0) is 11.2 Å². The molecule has 15 heavy (non-hydrogen) atoms. The molecule has 3 nitrogen and oxygen atoms in total. The van der Waals surface area contributed by atoms with Crippen molar-refractivity contribution in [2.24, 2.45) is 0 Å². The van der Waals surface area contributed by atoms with Gasteiger partial charge in [-0.1, -0.05) is 24.3 Å². The quantitative estimate of drug-likeness (QED) is 0.646. The number of nitrogens with zero attached hydrogens (tertiary/aromatic N) is 1. The summed E-state index contributed by atoms with van der Waals surface area (Å²) in [7, 11) is 0. The predicted molar refractivity (Wildman–Crippen MR) is 55.5 cm³/mol. The van der Waals surface area contributed by atoms with E-state index in [0.29, 0.717) is 6.61 Å². The van der Waals surface area contributed by atoms with Gasteiger partial charge >= 0.3 is 6.09 Å². The van der Waals surface area contributed by atoms with E-state index in [9.17, 15) is 4.79 Å². The third-order valence-electron chi connectivity index (χ3n) is 3.38. The number of benzene rings is 1. The van der Waals surface area contributed by atoms with E-state index in [1.807, 2.05) is 11.0 Å². The second kappa shape index (κ2) is 2.99. The highest BCUT2D eigenvalue weighted by Crippen LogP contribution is 2.35. The molecule has 0 N–H and O–H groups in total. The van der Waals surface area contributed by atoms with Crippen molar-refractivity contribution < 1.29 is 9.53 Å². The molecule has 0 aromatic heterocycles. The van der Waals surface area contributed by atoms with Crippen molar-refractivity contribution in [1.82, 2.24) is 4.90 Å². The molecule has 0 saturated carbocycles. The van der Waals surface area contributed by atoms with Crippen LogP contribution in [0.25, 0.3) is 0 Å². The van der Waals surface area contributed by atoms with E-state index in [-0.39, 0.29) is 18.2 Å². The van der Waals surface area contributed by atoms with E-state index in [0.717, 1.165) is 6.42 Å². The van der Waals surface area contributed by atoms with Crippen LogP contribution >= 0.6 is 0 Å². The van der Waals surface area contributed by atoms with E-state index in [1.165, 1.54) is 11.1 Å². The monoisotopic (exact) mass is 203 g/mol. The van der Waals surface area contributed by atoms with Gasteiger partial charge in [-0.3, -0.25) is 4.90 Å². The van der Waals surface area contributed by atoms with Crippen LogP contribution in [0.4, 0.5) is 4.79 Å². The highest BCUT2D eigenvalue weighted by molar-refractivity contribution is 5.71. The highest BCUT2D eigenvalue weighted by atomic mass is 16.6. The van der Waals surface area contributed by atoms with Crippen LogP contribution in [0.5, 0.6) is 0 Å². The van der Waals surface area contributed by atoms with Crippen LogP contribution in [0, 0.1) is 0 Å². The van der Waals surface area contributed by atoms with Gasteiger partial charge in [-0.25, -0.2) is 4.79 Å². The first-order valence-corrected chi connectivity index (χ1v) is 5.30. The zero-order valence-electron chi connectivity index (χ0n) is 8.64. The first-order chi connectivity index (χ1) is 7.27. The first kappa shape index (κ1) is 8.77. The summed E-state index contributed by atoms with van der Waals surface area (Å²) in [5, 5.41) is 0. The molecule has 0 spiro atoms. The summed E-state index contributed by atoms with van der Waals surface area (Å²) in [6, 6.07) is 8.71. The summed E-state index contributed by atoms with van der Waals surface area (Å²) < 4.78 is 5.09. The molecule has 1 fully saturated rings. The number of rotatable bonds is 0. The van der Waals surface area contributed by atoms with Crippen molar-refractivity contribution in [3.05, 3.63) is 35.4 Å². The Kier molecular flexibility index (Phi) is 1.75. The Hall–Kier alpha value is -1.51. The molecular weight excluding hydrogens is 190 g/mol. The van der Waals surface area contributed by atoms with Crippen molar-refractivity contribution in [3.8, 4) is 0 Å². The molecule has 2 atom stereocenters. The molecule has 2 unspecified atom stereocenters. The Morgan fingerprint density at radius 1 is 1.40 bits per heavy atom. The molecule has 0 radical (unpaired) electrons. The summed E-state index contributed by atoms with van der Waals surface area (Å²) in [5.74, 6) is 0. The summed E-state index contributed by atoms with van der Waals surface area (Å²) in [4.78, 5) is 13.4. The zero-order chi connectivity index (χ0) is 10.4. The first-order valence-electron chi connectivity index (χ1n) is 5.30. The van der Waals surface area contributed by atoms with E-state index in [4.69, 9.17) is 4.74 Å². The fourth-order valence-electron chi connectivity index (χ4n) is 2.63. The molecule has 78 valence electrons. The Balaban J connectivity index is 2.07. The fraction of sp³-hybridized carbons (Fsp3) is 0.417. The van der Waals surface area contributed by atoms with E-state index >= 15 is 0 Å². The number of hydrogen-bond acceptors (Lipinski definition) is 2. The fourth-order valence-corrected chi connectivity index (χ4v) is 2.63. The summed E-state index contributed by atoms with van der Waals surface area (Å²) in [6.45, 7) is 2.61. The molecule has 1 saturated heterocycles. The summed E-state index contributed by atoms with van der Waals surface area (Å²) in [6.07, 6.45) is 0.758. The van der Waals surface area contributed by atoms with Gasteiger partial charge in [0.25, 0.3) is 0 Å². The minimum absolute atomic E-state index is 0.148. The standard InChI is InChI=1S/C12H13NO2/c1-8-11-5-3-2-4-9(11)6-10-7-15-12(14)13(8)10/h2-5,8,10H,6-7H2,1H3. The SMILES string of the molecule is CC1c2ccccc2CC2COC(=O)N21. The number of cyclic esters (lactones) is 1. The summed E-state index contributed by atoms with van der Waals surface area (Å²) >= 11 is 0. The molecule has 0 bridgehead atoms. The van der Waals surface area contributed by atoms with Crippen LogP contribution in [0.15, 0.2) is 24.3 Å². The minimum atomic E-state index is -0.165. The average molecular weight is 203 g/mol. The predicted octanol–water partition coefficient (Wildman–Crippen LogP) is 2.12. The Labute approximate surface area is 88.6 Å². The van der Waals surface area contributed by atoms with Crippen LogP contribution in [0.3, 0.4) is 0 Å². The molecule has 2 heterocycles. The van der Waals surface area contributed by atoms with Crippen LogP contribution in [-0.4, -0.2) is 23.6 Å². The lowest BCUT2D eigenvalue weighted by Gasteiger charge is -2.34. The van der Waals surface area contributed by atoms with Gasteiger partial charge in [-0.05, 0) is 24.5 Å².